The van der Waals surface area contributed by atoms with Crippen LogP contribution in [0.25, 0.3) is 0 Å². The van der Waals surface area contributed by atoms with E-state index in [2.05, 4.69) is 5.32 Å². The van der Waals surface area contributed by atoms with Gasteiger partial charge in [-0.25, -0.2) is 0 Å². The second-order valence-corrected chi connectivity index (χ2v) is 4.45. The van der Waals surface area contributed by atoms with E-state index in [1.54, 1.807) is 19.2 Å². The normalized spacial score (nSPS) is 12.0. The first-order valence-corrected chi connectivity index (χ1v) is 6.67. The van der Waals surface area contributed by atoms with Crippen molar-refractivity contribution >= 4 is 5.91 Å². The van der Waals surface area contributed by atoms with Crippen LogP contribution >= 0.6 is 0 Å². The zero-order valence-electron chi connectivity index (χ0n) is 12.2. The standard InChI is InChI=1S/C15H23NO3/c1-5-11(3)16-15(17)12-7-8-14(18-4)13(9-12)10-19-6-2/h7-9,11H,5-6,10H2,1-4H3,(H,16,17). The summed E-state index contributed by atoms with van der Waals surface area (Å²) in [5.41, 5.74) is 1.52. The Morgan fingerprint density at radius 3 is 2.68 bits per heavy atom. The Morgan fingerprint density at radius 2 is 2.11 bits per heavy atom. The summed E-state index contributed by atoms with van der Waals surface area (Å²) in [4.78, 5) is 12.0. The molecule has 0 aliphatic rings. The van der Waals surface area contributed by atoms with Crippen LogP contribution in [-0.4, -0.2) is 25.7 Å². The number of ether oxygens (including phenoxy) is 2. The van der Waals surface area contributed by atoms with Gasteiger partial charge in [-0.15, -0.1) is 0 Å². The molecular weight excluding hydrogens is 242 g/mol. The molecule has 106 valence electrons. The molecule has 1 aromatic carbocycles. The van der Waals surface area contributed by atoms with Crippen LogP contribution in [0.2, 0.25) is 0 Å². The predicted octanol–water partition coefficient (Wildman–Crippen LogP) is 2.76. The molecule has 0 heterocycles. The summed E-state index contributed by atoms with van der Waals surface area (Å²) in [6.07, 6.45) is 0.910. The van der Waals surface area contributed by atoms with Gasteiger partial charge in [0, 0.05) is 23.8 Å². The van der Waals surface area contributed by atoms with Gasteiger partial charge in [0.05, 0.1) is 13.7 Å². The van der Waals surface area contributed by atoms with Crippen molar-refractivity contribution in [3.05, 3.63) is 29.3 Å². The lowest BCUT2D eigenvalue weighted by Gasteiger charge is -2.13. The van der Waals surface area contributed by atoms with Crippen LogP contribution in [0.3, 0.4) is 0 Å². The van der Waals surface area contributed by atoms with Crippen molar-refractivity contribution < 1.29 is 14.3 Å². The average molecular weight is 265 g/mol. The molecule has 1 rings (SSSR count). The Morgan fingerprint density at radius 1 is 1.37 bits per heavy atom. The molecule has 1 aromatic rings. The molecule has 0 saturated carbocycles. The zero-order valence-corrected chi connectivity index (χ0v) is 12.2. The van der Waals surface area contributed by atoms with E-state index in [9.17, 15) is 4.79 Å². The van der Waals surface area contributed by atoms with Gasteiger partial charge in [-0.05, 0) is 38.5 Å². The Bertz CT molecular complexity index is 418. The third-order valence-corrected chi connectivity index (χ3v) is 2.99. The highest BCUT2D eigenvalue weighted by atomic mass is 16.5. The Kier molecular flexibility index (Phi) is 6.36. The van der Waals surface area contributed by atoms with Gasteiger partial charge in [0.25, 0.3) is 5.91 Å². The highest BCUT2D eigenvalue weighted by molar-refractivity contribution is 5.94. The quantitative estimate of drug-likeness (QED) is 0.824. The Labute approximate surface area is 115 Å². The van der Waals surface area contributed by atoms with E-state index in [1.165, 1.54) is 0 Å². The van der Waals surface area contributed by atoms with Gasteiger partial charge in [0.1, 0.15) is 5.75 Å². The van der Waals surface area contributed by atoms with Gasteiger partial charge in [-0.2, -0.15) is 0 Å². The van der Waals surface area contributed by atoms with Crippen molar-refractivity contribution in [2.24, 2.45) is 0 Å². The van der Waals surface area contributed by atoms with Gasteiger partial charge in [-0.3, -0.25) is 4.79 Å². The van der Waals surface area contributed by atoms with E-state index in [0.29, 0.717) is 18.8 Å². The van der Waals surface area contributed by atoms with Gasteiger partial charge >= 0.3 is 0 Å². The number of amides is 1. The number of nitrogens with one attached hydrogen (secondary N) is 1. The smallest absolute Gasteiger partial charge is 0.251 e. The fraction of sp³-hybridized carbons (Fsp3) is 0.533. The van der Waals surface area contributed by atoms with Crippen molar-refractivity contribution in [3.63, 3.8) is 0 Å². The molecule has 4 heteroatoms. The summed E-state index contributed by atoms with van der Waals surface area (Å²) < 4.78 is 10.7. The molecule has 1 amide bonds. The largest absolute Gasteiger partial charge is 0.496 e. The summed E-state index contributed by atoms with van der Waals surface area (Å²) in [6, 6.07) is 5.57. The second-order valence-electron chi connectivity index (χ2n) is 4.45. The third-order valence-electron chi connectivity index (χ3n) is 2.99. The summed E-state index contributed by atoms with van der Waals surface area (Å²) in [6.45, 7) is 7.05. The average Bonchev–Trinajstić information content (AvgIpc) is 2.44. The summed E-state index contributed by atoms with van der Waals surface area (Å²) in [5.74, 6) is 0.684. The van der Waals surface area contributed by atoms with Crippen molar-refractivity contribution in [2.75, 3.05) is 13.7 Å². The molecule has 1 unspecified atom stereocenters. The SMILES string of the molecule is CCOCc1cc(C(=O)NC(C)CC)ccc1OC. The van der Waals surface area contributed by atoms with E-state index in [1.807, 2.05) is 26.8 Å². The molecule has 0 aliphatic carbocycles. The zero-order chi connectivity index (χ0) is 14.3. The topological polar surface area (TPSA) is 47.6 Å². The monoisotopic (exact) mass is 265 g/mol. The van der Waals surface area contributed by atoms with Crippen LogP contribution in [0.15, 0.2) is 18.2 Å². The van der Waals surface area contributed by atoms with Crippen molar-refractivity contribution in [3.8, 4) is 5.75 Å². The highest BCUT2D eigenvalue weighted by Crippen LogP contribution is 2.21. The van der Waals surface area contributed by atoms with Crippen LogP contribution < -0.4 is 10.1 Å². The van der Waals surface area contributed by atoms with Crippen LogP contribution in [0, 0.1) is 0 Å². The second kappa shape index (κ2) is 7.79. The Balaban J connectivity index is 2.87. The number of benzene rings is 1. The fourth-order valence-electron chi connectivity index (χ4n) is 1.65. The summed E-state index contributed by atoms with van der Waals surface area (Å²) in [7, 11) is 1.61. The maximum absolute atomic E-state index is 12.0. The lowest BCUT2D eigenvalue weighted by molar-refractivity contribution is 0.0938. The molecule has 0 bridgehead atoms. The number of carbonyl (C=O) groups excluding carboxylic acids is 1. The molecule has 0 radical (unpaired) electrons. The van der Waals surface area contributed by atoms with Crippen LogP contribution in [-0.2, 0) is 11.3 Å². The molecule has 0 aliphatic heterocycles. The minimum absolute atomic E-state index is 0.0604. The van der Waals surface area contributed by atoms with Gasteiger partial charge in [-0.1, -0.05) is 6.92 Å². The molecule has 0 aromatic heterocycles. The van der Waals surface area contributed by atoms with Crippen LogP contribution in [0.4, 0.5) is 0 Å². The summed E-state index contributed by atoms with van der Waals surface area (Å²) >= 11 is 0. The Hall–Kier alpha value is -1.55. The van der Waals surface area contributed by atoms with E-state index < -0.39 is 0 Å². The maximum Gasteiger partial charge on any atom is 0.251 e. The van der Waals surface area contributed by atoms with Crippen molar-refractivity contribution in [1.82, 2.24) is 5.32 Å². The molecule has 1 N–H and O–H groups in total. The molecule has 0 spiro atoms. The van der Waals surface area contributed by atoms with Crippen molar-refractivity contribution in [1.29, 1.82) is 0 Å². The van der Waals surface area contributed by atoms with E-state index >= 15 is 0 Å². The van der Waals surface area contributed by atoms with Gasteiger partial charge in [0.15, 0.2) is 0 Å². The fourth-order valence-corrected chi connectivity index (χ4v) is 1.65. The van der Waals surface area contributed by atoms with E-state index in [0.717, 1.165) is 17.7 Å². The lowest BCUT2D eigenvalue weighted by Crippen LogP contribution is -2.31. The molecule has 0 fully saturated rings. The van der Waals surface area contributed by atoms with E-state index in [-0.39, 0.29) is 11.9 Å². The summed E-state index contributed by atoms with van der Waals surface area (Å²) in [5, 5.41) is 2.95. The molecule has 1 atom stereocenters. The highest BCUT2D eigenvalue weighted by Gasteiger charge is 2.11. The first kappa shape index (κ1) is 15.5. The molecule has 19 heavy (non-hydrogen) atoms. The number of methoxy groups -OCH3 is 1. The minimum Gasteiger partial charge on any atom is -0.496 e. The van der Waals surface area contributed by atoms with Gasteiger partial charge < -0.3 is 14.8 Å². The first-order chi connectivity index (χ1) is 9.12. The molecule has 0 saturated heterocycles. The molecule has 4 nitrogen and oxygen atoms in total. The first-order valence-electron chi connectivity index (χ1n) is 6.67. The van der Waals surface area contributed by atoms with E-state index in [4.69, 9.17) is 9.47 Å². The number of hydrogen-bond donors (Lipinski definition) is 1. The van der Waals surface area contributed by atoms with Crippen LogP contribution in [0.5, 0.6) is 5.75 Å². The van der Waals surface area contributed by atoms with Crippen molar-refractivity contribution in [2.45, 2.75) is 39.8 Å². The number of rotatable bonds is 7. The third kappa shape index (κ3) is 4.56. The maximum atomic E-state index is 12.0. The molecular formula is C15H23NO3. The predicted molar refractivity (Wildman–Crippen MR) is 75.5 cm³/mol. The number of carbonyl (C=O) groups is 1. The van der Waals surface area contributed by atoms with Crippen LogP contribution in [0.1, 0.15) is 43.1 Å². The number of hydrogen-bond acceptors (Lipinski definition) is 3. The lowest BCUT2D eigenvalue weighted by atomic mass is 10.1. The van der Waals surface area contributed by atoms with Gasteiger partial charge in [0.2, 0.25) is 0 Å². The minimum atomic E-state index is -0.0604.